The van der Waals surface area contributed by atoms with E-state index >= 15 is 0 Å². The molecule has 0 saturated heterocycles. The second-order valence-corrected chi connectivity index (χ2v) is 4.92. The van der Waals surface area contributed by atoms with Crippen LogP contribution >= 0.6 is 34.8 Å². The standard InChI is InChI=1S/C13H10Cl3NO2/c1-2-19-13(18)11-9(10(15)12(16)17-11)7-3-5-8(14)6-4-7/h3-6,17H,2H2,1H3. The number of halogens is 3. The highest BCUT2D eigenvalue weighted by molar-refractivity contribution is 6.44. The zero-order valence-corrected chi connectivity index (χ0v) is 12.2. The number of H-pyrrole nitrogens is 1. The molecule has 0 aliphatic carbocycles. The zero-order chi connectivity index (χ0) is 14.0. The van der Waals surface area contributed by atoms with Crippen molar-refractivity contribution in [3.05, 3.63) is 45.2 Å². The lowest BCUT2D eigenvalue weighted by Crippen LogP contribution is -2.06. The fraction of sp³-hybridized carbons (Fsp3) is 0.154. The van der Waals surface area contributed by atoms with E-state index in [1.54, 1.807) is 31.2 Å². The minimum absolute atomic E-state index is 0.203. The van der Waals surface area contributed by atoms with E-state index in [1.807, 2.05) is 0 Å². The number of hydrogen-bond acceptors (Lipinski definition) is 2. The number of aromatic amines is 1. The van der Waals surface area contributed by atoms with Gasteiger partial charge in [-0.2, -0.15) is 0 Å². The summed E-state index contributed by atoms with van der Waals surface area (Å²) in [7, 11) is 0. The molecule has 19 heavy (non-hydrogen) atoms. The Balaban J connectivity index is 2.55. The Bertz CT molecular complexity index is 605. The Morgan fingerprint density at radius 3 is 2.42 bits per heavy atom. The number of hydrogen-bond donors (Lipinski definition) is 1. The predicted octanol–water partition coefficient (Wildman–Crippen LogP) is 4.82. The third kappa shape index (κ3) is 2.89. The third-order valence-corrected chi connectivity index (χ3v) is 3.52. The molecule has 100 valence electrons. The van der Waals surface area contributed by atoms with Gasteiger partial charge in [0.25, 0.3) is 0 Å². The van der Waals surface area contributed by atoms with E-state index in [0.29, 0.717) is 10.6 Å². The SMILES string of the molecule is CCOC(=O)c1[nH]c(Cl)c(Cl)c1-c1ccc(Cl)cc1. The molecule has 1 N–H and O–H groups in total. The lowest BCUT2D eigenvalue weighted by molar-refractivity contribution is 0.0521. The molecule has 0 bridgehead atoms. The number of nitrogens with one attached hydrogen (secondary N) is 1. The first kappa shape index (κ1) is 14.3. The van der Waals surface area contributed by atoms with Crippen molar-refractivity contribution in [3.8, 4) is 11.1 Å². The van der Waals surface area contributed by atoms with Gasteiger partial charge in [-0.1, -0.05) is 46.9 Å². The molecule has 0 aliphatic heterocycles. The Hall–Kier alpha value is -1.16. The second kappa shape index (κ2) is 5.87. The molecule has 0 radical (unpaired) electrons. The molecule has 2 aromatic rings. The number of carbonyl (C=O) groups excluding carboxylic acids is 1. The smallest absolute Gasteiger partial charge is 0.355 e. The van der Waals surface area contributed by atoms with Crippen molar-refractivity contribution in [1.29, 1.82) is 0 Å². The maximum atomic E-state index is 11.9. The van der Waals surface area contributed by atoms with Crippen molar-refractivity contribution in [1.82, 2.24) is 4.98 Å². The topological polar surface area (TPSA) is 42.1 Å². The van der Waals surface area contributed by atoms with Crippen molar-refractivity contribution in [3.63, 3.8) is 0 Å². The van der Waals surface area contributed by atoms with Crippen LogP contribution in [-0.4, -0.2) is 17.6 Å². The average Bonchev–Trinajstić information content (AvgIpc) is 2.68. The summed E-state index contributed by atoms with van der Waals surface area (Å²) in [5.41, 5.74) is 1.49. The number of carbonyl (C=O) groups is 1. The van der Waals surface area contributed by atoms with Crippen LogP contribution in [0.4, 0.5) is 0 Å². The average molecular weight is 319 g/mol. The number of ether oxygens (including phenoxy) is 1. The Kier molecular flexibility index (Phi) is 4.40. The minimum atomic E-state index is -0.499. The molecule has 1 heterocycles. The molecular weight excluding hydrogens is 309 g/mol. The maximum Gasteiger partial charge on any atom is 0.355 e. The molecular formula is C13H10Cl3NO2. The Morgan fingerprint density at radius 1 is 1.21 bits per heavy atom. The van der Waals surface area contributed by atoms with Crippen LogP contribution in [0.5, 0.6) is 0 Å². The van der Waals surface area contributed by atoms with Crippen LogP contribution in [0, 0.1) is 0 Å². The number of aromatic nitrogens is 1. The summed E-state index contributed by atoms with van der Waals surface area (Å²) < 4.78 is 4.97. The van der Waals surface area contributed by atoms with Crippen molar-refractivity contribution in [2.24, 2.45) is 0 Å². The molecule has 0 atom stereocenters. The molecule has 0 fully saturated rings. The highest BCUT2D eigenvalue weighted by Gasteiger charge is 2.22. The molecule has 1 aromatic heterocycles. The lowest BCUT2D eigenvalue weighted by Gasteiger charge is -2.05. The summed E-state index contributed by atoms with van der Waals surface area (Å²) >= 11 is 17.9. The van der Waals surface area contributed by atoms with E-state index < -0.39 is 5.97 Å². The van der Waals surface area contributed by atoms with Crippen LogP contribution in [0.1, 0.15) is 17.4 Å². The van der Waals surface area contributed by atoms with Gasteiger partial charge in [0.05, 0.1) is 11.6 Å². The Labute approximate surface area is 125 Å². The van der Waals surface area contributed by atoms with Gasteiger partial charge in [0.2, 0.25) is 0 Å². The van der Waals surface area contributed by atoms with Crippen LogP contribution in [0.2, 0.25) is 15.2 Å². The quantitative estimate of drug-likeness (QED) is 0.824. The van der Waals surface area contributed by atoms with Gasteiger partial charge in [-0.25, -0.2) is 4.79 Å². The van der Waals surface area contributed by atoms with Crippen LogP contribution in [-0.2, 0) is 4.74 Å². The summed E-state index contributed by atoms with van der Waals surface area (Å²) in [6, 6.07) is 6.94. The van der Waals surface area contributed by atoms with Crippen LogP contribution in [0.25, 0.3) is 11.1 Å². The number of rotatable bonds is 3. The summed E-state index contributed by atoms with van der Waals surface area (Å²) in [5, 5.41) is 1.08. The molecule has 0 amide bonds. The first-order valence-electron chi connectivity index (χ1n) is 5.54. The molecule has 0 unspecified atom stereocenters. The van der Waals surface area contributed by atoms with Gasteiger partial charge in [-0.15, -0.1) is 0 Å². The van der Waals surface area contributed by atoms with E-state index in [4.69, 9.17) is 39.5 Å². The molecule has 0 spiro atoms. The van der Waals surface area contributed by atoms with Gasteiger partial charge in [0, 0.05) is 10.6 Å². The summed E-state index contributed by atoms with van der Waals surface area (Å²) in [6.45, 7) is 2.00. The molecule has 0 aliphatic rings. The first-order chi connectivity index (χ1) is 9.04. The summed E-state index contributed by atoms with van der Waals surface area (Å²) in [5.74, 6) is -0.499. The van der Waals surface area contributed by atoms with Crippen LogP contribution < -0.4 is 0 Å². The van der Waals surface area contributed by atoms with Crippen molar-refractivity contribution in [2.75, 3.05) is 6.61 Å². The molecule has 6 heteroatoms. The van der Waals surface area contributed by atoms with E-state index in [9.17, 15) is 4.79 Å². The highest BCUT2D eigenvalue weighted by Crippen LogP contribution is 2.37. The molecule has 3 nitrogen and oxygen atoms in total. The number of benzene rings is 1. The largest absolute Gasteiger partial charge is 0.461 e. The summed E-state index contributed by atoms with van der Waals surface area (Å²) in [4.78, 5) is 14.6. The molecule has 2 rings (SSSR count). The van der Waals surface area contributed by atoms with Gasteiger partial charge in [0.15, 0.2) is 0 Å². The maximum absolute atomic E-state index is 11.9. The summed E-state index contributed by atoms with van der Waals surface area (Å²) in [6.07, 6.45) is 0. The van der Waals surface area contributed by atoms with E-state index in [-0.39, 0.29) is 22.5 Å². The third-order valence-electron chi connectivity index (χ3n) is 2.51. The first-order valence-corrected chi connectivity index (χ1v) is 6.68. The van der Waals surface area contributed by atoms with Crippen LogP contribution in [0.3, 0.4) is 0 Å². The lowest BCUT2D eigenvalue weighted by atomic mass is 10.1. The Morgan fingerprint density at radius 2 is 1.84 bits per heavy atom. The molecule has 0 saturated carbocycles. The fourth-order valence-corrected chi connectivity index (χ4v) is 2.26. The van der Waals surface area contributed by atoms with Gasteiger partial charge in [-0.05, 0) is 24.6 Å². The highest BCUT2D eigenvalue weighted by atomic mass is 35.5. The van der Waals surface area contributed by atoms with Crippen molar-refractivity contribution >= 4 is 40.8 Å². The van der Waals surface area contributed by atoms with E-state index in [0.717, 1.165) is 5.56 Å². The van der Waals surface area contributed by atoms with Gasteiger partial charge < -0.3 is 9.72 Å². The van der Waals surface area contributed by atoms with Crippen molar-refractivity contribution in [2.45, 2.75) is 6.92 Å². The second-order valence-electron chi connectivity index (χ2n) is 3.73. The molecule has 1 aromatic carbocycles. The van der Waals surface area contributed by atoms with E-state index in [2.05, 4.69) is 4.98 Å². The monoisotopic (exact) mass is 317 g/mol. The zero-order valence-electron chi connectivity index (χ0n) is 9.97. The van der Waals surface area contributed by atoms with Crippen LogP contribution in [0.15, 0.2) is 24.3 Å². The van der Waals surface area contributed by atoms with Gasteiger partial charge >= 0.3 is 5.97 Å². The van der Waals surface area contributed by atoms with Gasteiger partial charge in [0.1, 0.15) is 10.8 Å². The fourth-order valence-electron chi connectivity index (χ4n) is 1.69. The van der Waals surface area contributed by atoms with E-state index in [1.165, 1.54) is 0 Å². The minimum Gasteiger partial charge on any atom is -0.461 e. The van der Waals surface area contributed by atoms with Gasteiger partial charge in [-0.3, -0.25) is 0 Å². The number of esters is 1. The van der Waals surface area contributed by atoms with Crippen molar-refractivity contribution < 1.29 is 9.53 Å². The normalized spacial score (nSPS) is 10.5. The predicted molar refractivity (Wildman–Crippen MR) is 77.2 cm³/mol.